The molecular formula is C23H18N4OS. The van der Waals surface area contributed by atoms with Crippen LogP contribution in [0.4, 0.5) is 0 Å². The van der Waals surface area contributed by atoms with Gasteiger partial charge in [-0.05, 0) is 34.9 Å². The van der Waals surface area contributed by atoms with Crippen molar-refractivity contribution in [2.75, 3.05) is 0 Å². The van der Waals surface area contributed by atoms with Gasteiger partial charge < -0.3 is 4.98 Å². The predicted octanol–water partition coefficient (Wildman–Crippen LogP) is 4.86. The predicted molar refractivity (Wildman–Crippen MR) is 118 cm³/mol. The van der Waals surface area contributed by atoms with Crippen molar-refractivity contribution in [1.82, 2.24) is 19.7 Å². The minimum Gasteiger partial charge on any atom is -0.301 e. The maximum atomic E-state index is 12.6. The number of hydrogen-bond acceptors (Lipinski definition) is 4. The molecule has 0 atom stereocenters. The number of hydrogen-bond donors (Lipinski definition) is 1. The molecule has 1 N–H and O–H groups in total. The topological polar surface area (TPSA) is 63.6 Å². The molecule has 142 valence electrons. The zero-order valence-corrected chi connectivity index (χ0v) is 16.6. The first-order chi connectivity index (χ1) is 14.2. The summed E-state index contributed by atoms with van der Waals surface area (Å²) in [5.74, 6) is 0.717. The van der Waals surface area contributed by atoms with Gasteiger partial charge in [0.15, 0.2) is 10.8 Å². The average Bonchev–Trinajstić information content (AvgIpc) is 3.17. The minimum absolute atomic E-state index is 0.171. The van der Waals surface area contributed by atoms with E-state index in [0.29, 0.717) is 21.9 Å². The first-order valence-corrected chi connectivity index (χ1v) is 10.3. The lowest BCUT2D eigenvalue weighted by Crippen LogP contribution is -2.10. The second kappa shape index (κ2) is 7.22. The standard InChI is InChI=1S/C23H18N4OS/c1-15-7-2-5-12-20(15)27-21-19(13-24-27)22(28)26-23(25-21)29-14-17-10-6-9-16-8-3-4-11-18(16)17/h2-13H,14H2,1H3,(H,25,26,28). The van der Waals surface area contributed by atoms with Crippen molar-refractivity contribution in [1.29, 1.82) is 0 Å². The van der Waals surface area contributed by atoms with Crippen LogP contribution >= 0.6 is 11.8 Å². The number of fused-ring (bicyclic) bond motifs is 2. The number of thioether (sulfide) groups is 1. The van der Waals surface area contributed by atoms with Crippen molar-refractivity contribution in [2.45, 2.75) is 17.8 Å². The lowest BCUT2D eigenvalue weighted by Gasteiger charge is -2.08. The van der Waals surface area contributed by atoms with E-state index in [2.05, 4.69) is 40.4 Å². The quantitative estimate of drug-likeness (QED) is 0.347. The van der Waals surface area contributed by atoms with Crippen molar-refractivity contribution >= 4 is 33.6 Å². The molecule has 0 saturated carbocycles. The lowest BCUT2D eigenvalue weighted by molar-refractivity contribution is 0.867. The van der Waals surface area contributed by atoms with E-state index < -0.39 is 0 Å². The molecule has 0 fully saturated rings. The molecule has 0 aliphatic carbocycles. The van der Waals surface area contributed by atoms with Crippen LogP contribution in [0.3, 0.4) is 0 Å². The molecule has 0 spiro atoms. The summed E-state index contributed by atoms with van der Waals surface area (Å²) in [6, 6.07) is 22.5. The molecule has 5 nitrogen and oxygen atoms in total. The number of para-hydroxylation sites is 1. The van der Waals surface area contributed by atoms with Crippen LogP contribution in [0.1, 0.15) is 11.1 Å². The van der Waals surface area contributed by atoms with Crippen LogP contribution in [0.5, 0.6) is 0 Å². The third-order valence-corrected chi connectivity index (χ3v) is 5.93. The fraction of sp³-hybridized carbons (Fsp3) is 0.0870. The highest BCUT2D eigenvalue weighted by molar-refractivity contribution is 7.98. The van der Waals surface area contributed by atoms with Crippen LogP contribution in [-0.2, 0) is 5.75 Å². The van der Waals surface area contributed by atoms with Gasteiger partial charge in [0, 0.05) is 5.75 Å². The normalized spacial score (nSPS) is 11.3. The second-order valence-electron chi connectivity index (χ2n) is 6.88. The molecule has 29 heavy (non-hydrogen) atoms. The zero-order valence-electron chi connectivity index (χ0n) is 15.8. The number of nitrogens with zero attached hydrogens (tertiary/aromatic N) is 3. The Labute approximate surface area is 171 Å². The molecule has 0 saturated heterocycles. The monoisotopic (exact) mass is 398 g/mol. The van der Waals surface area contributed by atoms with E-state index >= 15 is 0 Å². The Bertz CT molecular complexity index is 1400. The number of aromatic amines is 1. The molecule has 2 aromatic heterocycles. The Morgan fingerprint density at radius 1 is 0.966 bits per heavy atom. The van der Waals surface area contributed by atoms with Gasteiger partial charge in [0.25, 0.3) is 5.56 Å². The SMILES string of the molecule is Cc1ccccc1-n1ncc2c(=O)[nH]c(SCc3cccc4ccccc34)nc21. The molecule has 5 rings (SSSR count). The molecule has 0 amide bonds. The van der Waals surface area contributed by atoms with Crippen molar-refractivity contribution in [3.05, 3.63) is 94.4 Å². The first kappa shape index (κ1) is 17.7. The van der Waals surface area contributed by atoms with E-state index in [4.69, 9.17) is 4.98 Å². The summed E-state index contributed by atoms with van der Waals surface area (Å²) in [5.41, 5.74) is 3.61. The third kappa shape index (κ3) is 3.21. The summed E-state index contributed by atoms with van der Waals surface area (Å²) in [5, 5.41) is 7.92. The number of benzene rings is 3. The lowest BCUT2D eigenvalue weighted by atomic mass is 10.1. The third-order valence-electron chi connectivity index (χ3n) is 5.00. The molecule has 6 heteroatoms. The fourth-order valence-corrected chi connectivity index (χ4v) is 4.37. The molecular weight excluding hydrogens is 380 g/mol. The van der Waals surface area contributed by atoms with Gasteiger partial charge in [-0.3, -0.25) is 4.79 Å². The van der Waals surface area contributed by atoms with Gasteiger partial charge in [-0.2, -0.15) is 5.10 Å². The molecule has 0 bridgehead atoms. The van der Waals surface area contributed by atoms with E-state index in [1.165, 1.54) is 28.1 Å². The van der Waals surface area contributed by atoms with Gasteiger partial charge in [0.1, 0.15) is 5.39 Å². The number of H-pyrrole nitrogens is 1. The average molecular weight is 398 g/mol. The van der Waals surface area contributed by atoms with Gasteiger partial charge >= 0.3 is 0 Å². The van der Waals surface area contributed by atoms with Crippen molar-refractivity contribution in [3.63, 3.8) is 0 Å². The first-order valence-electron chi connectivity index (χ1n) is 9.34. The van der Waals surface area contributed by atoms with Crippen molar-refractivity contribution in [2.24, 2.45) is 0 Å². The maximum absolute atomic E-state index is 12.6. The highest BCUT2D eigenvalue weighted by Crippen LogP contribution is 2.26. The largest absolute Gasteiger partial charge is 0.301 e. The molecule has 0 aliphatic rings. The van der Waals surface area contributed by atoms with Gasteiger partial charge in [-0.25, -0.2) is 9.67 Å². The Morgan fingerprint density at radius 3 is 2.66 bits per heavy atom. The minimum atomic E-state index is -0.171. The number of aromatic nitrogens is 4. The van der Waals surface area contributed by atoms with Crippen molar-refractivity contribution in [3.8, 4) is 5.69 Å². The van der Waals surface area contributed by atoms with E-state index in [1.807, 2.05) is 43.3 Å². The van der Waals surface area contributed by atoms with Crippen LogP contribution in [0.15, 0.2) is 82.9 Å². The number of rotatable bonds is 4. The van der Waals surface area contributed by atoms with Gasteiger partial charge in [0.05, 0.1) is 11.9 Å². The highest BCUT2D eigenvalue weighted by atomic mass is 32.2. The summed E-state index contributed by atoms with van der Waals surface area (Å²) < 4.78 is 1.74. The second-order valence-corrected chi connectivity index (χ2v) is 7.84. The Balaban J connectivity index is 1.53. The molecule has 5 aromatic rings. The number of aryl methyl sites for hydroxylation is 1. The summed E-state index contributed by atoms with van der Waals surface area (Å²) in [7, 11) is 0. The Hall–Kier alpha value is -3.38. The zero-order chi connectivity index (χ0) is 19.8. The fourth-order valence-electron chi connectivity index (χ4n) is 3.51. The van der Waals surface area contributed by atoms with Crippen molar-refractivity contribution < 1.29 is 0 Å². The Kier molecular flexibility index (Phi) is 4.41. The van der Waals surface area contributed by atoms with E-state index in [1.54, 1.807) is 10.9 Å². The number of nitrogens with one attached hydrogen (secondary N) is 1. The molecule has 2 heterocycles. The van der Waals surface area contributed by atoms with Crippen LogP contribution < -0.4 is 5.56 Å². The summed E-state index contributed by atoms with van der Waals surface area (Å²) in [6.45, 7) is 2.02. The highest BCUT2D eigenvalue weighted by Gasteiger charge is 2.13. The van der Waals surface area contributed by atoms with Crippen LogP contribution in [0.2, 0.25) is 0 Å². The van der Waals surface area contributed by atoms with E-state index in [0.717, 1.165) is 11.3 Å². The molecule has 3 aromatic carbocycles. The maximum Gasteiger partial charge on any atom is 0.262 e. The molecule has 0 aliphatic heterocycles. The summed E-state index contributed by atoms with van der Waals surface area (Å²) >= 11 is 1.52. The Morgan fingerprint density at radius 2 is 1.76 bits per heavy atom. The summed E-state index contributed by atoms with van der Waals surface area (Å²) in [6.07, 6.45) is 1.58. The summed E-state index contributed by atoms with van der Waals surface area (Å²) in [4.78, 5) is 20.2. The van der Waals surface area contributed by atoms with Gasteiger partial charge in [0.2, 0.25) is 0 Å². The molecule has 0 unspecified atom stereocenters. The van der Waals surface area contributed by atoms with Gasteiger partial charge in [-0.15, -0.1) is 0 Å². The van der Waals surface area contributed by atoms with Crippen LogP contribution in [0, 0.1) is 6.92 Å². The van der Waals surface area contributed by atoms with Crippen LogP contribution in [0.25, 0.3) is 27.5 Å². The van der Waals surface area contributed by atoms with E-state index in [9.17, 15) is 4.79 Å². The molecule has 0 radical (unpaired) electrons. The van der Waals surface area contributed by atoms with Crippen LogP contribution in [-0.4, -0.2) is 19.7 Å². The van der Waals surface area contributed by atoms with E-state index in [-0.39, 0.29) is 5.56 Å². The smallest absolute Gasteiger partial charge is 0.262 e. The van der Waals surface area contributed by atoms with Gasteiger partial charge in [-0.1, -0.05) is 72.4 Å².